The first kappa shape index (κ1) is 68.7. The maximum absolute atomic E-state index is 13.9. The van der Waals surface area contributed by atoms with Crippen molar-refractivity contribution < 1.29 is 84.7 Å². The standard InChI is InChI=1S/C55H89NO19S3/c1-4-6-8-10-12-14-16-18-20-22-24-26-31-35-48(72-54(58)45-33-29-28-30-34-45)47(56-50(57)36-32-27-25-23-21-19-17-15-13-11-9-7-5-2)42-70-55-53(69-41-44-37-39-46(68-3)40-38-44)52(75-78(65,66)67)51(74-77(62,63)64)49(73-55)43-71-76(59,60)61/h28-31,33-35,37-40,47-49,51-53,55H,4-27,32,36,41-43H2,1-3H3,(H,56,57)(H,59,60,61)(H,62,63,64)(H,65,66,67)/t47?,48?,49-,51+,52+,53-,55+/m1/s1. The van der Waals surface area contributed by atoms with Crippen molar-refractivity contribution in [2.75, 3.05) is 20.3 Å². The molecular weight excluding hydrogens is 1070 g/mol. The van der Waals surface area contributed by atoms with E-state index < -0.39 is 106 Å². The molecule has 1 amide bonds. The molecule has 2 aromatic rings. The Hall–Kier alpha value is -3.59. The van der Waals surface area contributed by atoms with Gasteiger partial charge in [-0.25, -0.2) is 17.3 Å². The molecule has 0 radical (unpaired) electrons. The minimum atomic E-state index is -5.58. The SMILES string of the molecule is CCCCCCCCCCCCCC=CC(OC(=O)c1ccccc1)C(CO[C@H]1O[C@H](COS(=O)(=O)O)[C@H](OS(=O)(=O)O)[C@H](OS(=O)(=O)O)[C@H]1OCc1ccc(OC)cc1)NC(=O)CCCCCCCCCCCCCCC. The predicted octanol–water partition coefficient (Wildman–Crippen LogP) is 11.0. The third-order valence-corrected chi connectivity index (χ3v) is 14.6. The number of hydrogen-bond donors (Lipinski definition) is 4. The molecule has 1 saturated heterocycles. The number of methoxy groups -OCH3 is 1. The van der Waals surface area contributed by atoms with Crippen molar-refractivity contribution in [3.05, 3.63) is 77.9 Å². The first-order chi connectivity index (χ1) is 37.3. The van der Waals surface area contributed by atoms with Crippen molar-refractivity contribution in [2.45, 2.75) is 230 Å². The van der Waals surface area contributed by atoms with Crippen LogP contribution in [-0.2, 0) is 74.1 Å². The topological polar surface area (TPSA) is 283 Å². The maximum atomic E-state index is 13.9. The Kier molecular flexibility index (Phi) is 34.3. The second-order valence-corrected chi connectivity index (χ2v) is 23.0. The lowest BCUT2D eigenvalue weighted by molar-refractivity contribution is -0.304. The maximum Gasteiger partial charge on any atom is 0.397 e. The fourth-order valence-corrected chi connectivity index (χ4v) is 10.4. The molecule has 20 nitrogen and oxygen atoms in total. The Morgan fingerprint density at radius 2 is 1.12 bits per heavy atom. The molecule has 3 rings (SSSR count). The van der Waals surface area contributed by atoms with Crippen molar-refractivity contribution >= 4 is 43.1 Å². The van der Waals surface area contributed by atoms with E-state index in [4.69, 9.17) is 32.1 Å². The van der Waals surface area contributed by atoms with Crippen LogP contribution in [0.25, 0.3) is 0 Å². The lowest BCUT2D eigenvalue weighted by Gasteiger charge is -2.44. The predicted molar refractivity (Wildman–Crippen MR) is 295 cm³/mol. The lowest BCUT2D eigenvalue weighted by Crippen LogP contribution is -2.63. The first-order valence-corrected chi connectivity index (χ1v) is 32.1. The fourth-order valence-electron chi connectivity index (χ4n) is 9.07. The van der Waals surface area contributed by atoms with E-state index in [9.17, 15) is 48.5 Å². The quantitative estimate of drug-likeness (QED) is 0.0207. The average Bonchev–Trinajstić information content (AvgIpc) is 3.45. The van der Waals surface area contributed by atoms with Gasteiger partial charge in [0.15, 0.2) is 6.29 Å². The Morgan fingerprint density at radius 1 is 0.615 bits per heavy atom. The van der Waals surface area contributed by atoms with Gasteiger partial charge in [0.25, 0.3) is 0 Å². The molecule has 7 atom stereocenters. The van der Waals surface area contributed by atoms with Gasteiger partial charge < -0.3 is 29.0 Å². The van der Waals surface area contributed by atoms with E-state index in [0.717, 1.165) is 57.8 Å². The largest absolute Gasteiger partial charge is 0.497 e. The molecule has 0 bridgehead atoms. The minimum Gasteiger partial charge on any atom is -0.497 e. The van der Waals surface area contributed by atoms with Crippen molar-refractivity contribution in [2.24, 2.45) is 0 Å². The molecule has 4 N–H and O–H groups in total. The highest BCUT2D eigenvalue weighted by atomic mass is 32.3. The molecule has 2 unspecified atom stereocenters. The van der Waals surface area contributed by atoms with Gasteiger partial charge in [0.2, 0.25) is 5.91 Å². The number of unbranched alkanes of at least 4 members (excludes halogenated alkanes) is 23. The monoisotopic (exact) mass is 1160 g/mol. The molecule has 1 aliphatic heterocycles. The highest BCUT2D eigenvalue weighted by molar-refractivity contribution is 7.81. The number of carbonyl (C=O) groups excluding carboxylic acids is 2. The summed E-state index contributed by atoms with van der Waals surface area (Å²) in [6.07, 6.45) is 19.2. The third kappa shape index (κ3) is 31.4. The summed E-state index contributed by atoms with van der Waals surface area (Å²) < 4.78 is 146. The number of amides is 1. The molecule has 0 aliphatic carbocycles. The van der Waals surface area contributed by atoms with E-state index in [1.165, 1.54) is 97.0 Å². The summed E-state index contributed by atoms with van der Waals surface area (Å²) in [4.78, 5) is 27.7. The van der Waals surface area contributed by atoms with Gasteiger partial charge in [-0.3, -0.25) is 18.5 Å². The second kappa shape index (κ2) is 38.9. The van der Waals surface area contributed by atoms with Gasteiger partial charge in [0, 0.05) is 6.42 Å². The van der Waals surface area contributed by atoms with Crippen LogP contribution in [0.2, 0.25) is 0 Å². The zero-order valence-electron chi connectivity index (χ0n) is 46.0. The lowest BCUT2D eigenvalue weighted by atomic mass is 9.99. The second-order valence-electron chi connectivity index (χ2n) is 19.8. The molecule has 0 spiro atoms. The van der Waals surface area contributed by atoms with Gasteiger partial charge in [-0.15, -0.1) is 0 Å². The van der Waals surface area contributed by atoms with Crippen molar-refractivity contribution in [1.82, 2.24) is 5.32 Å². The average molecular weight is 1160 g/mol. The van der Waals surface area contributed by atoms with Crippen LogP contribution in [0.3, 0.4) is 0 Å². The number of hydrogen-bond acceptors (Lipinski definition) is 16. The molecular formula is C55H89NO19S3. The van der Waals surface area contributed by atoms with Crippen molar-refractivity contribution in [1.29, 1.82) is 0 Å². The molecule has 23 heteroatoms. The molecule has 0 aromatic heterocycles. The highest BCUT2D eigenvalue weighted by Gasteiger charge is 2.53. The summed E-state index contributed by atoms with van der Waals surface area (Å²) in [5.41, 5.74) is 0.636. The van der Waals surface area contributed by atoms with E-state index in [-0.39, 0.29) is 12.0 Å². The molecule has 78 heavy (non-hydrogen) atoms. The summed E-state index contributed by atoms with van der Waals surface area (Å²) in [6, 6.07) is 13.2. The van der Waals surface area contributed by atoms with E-state index in [1.54, 1.807) is 60.7 Å². The molecule has 1 aliphatic rings. The number of benzene rings is 2. The van der Waals surface area contributed by atoms with Gasteiger partial charge in [0.1, 0.15) is 36.3 Å². The van der Waals surface area contributed by atoms with Crippen LogP contribution in [0.4, 0.5) is 0 Å². The van der Waals surface area contributed by atoms with Crippen molar-refractivity contribution in [3.8, 4) is 5.75 Å². The third-order valence-electron chi connectivity index (χ3n) is 13.3. The van der Waals surface area contributed by atoms with Crippen LogP contribution in [0.1, 0.15) is 197 Å². The Bertz CT molecular complexity index is 2300. The Morgan fingerprint density at radius 3 is 1.62 bits per heavy atom. The zero-order chi connectivity index (χ0) is 57.1. The van der Waals surface area contributed by atoms with Crippen LogP contribution in [0.5, 0.6) is 5.75 Å². The summed E-state index contributed by atoms with van der Waals surface area (Å²) in [5.74, 6) is -0.689. The summed E-state index contributed by atoms with van der Waals surface area (Å²) in [5, 5.41) is 2.94. The first-order valence-electron chi connectivity index (χ1n) is 28.0. The summed E-state index contributed by atoms with van der Waals surface area (Å²) >= 11 is 0. The van der Waals surface area contributed by atoms with E-state index in [1.807, 2.05) is 6.08 Å². The van der Waals surface area contributed by atoms with E-state index in [0.29, 0.717) is 24.2 Å². The van der Waals surface area contributed by atoms with E-state index in [2.05, 4.69) is 23.3 Å². The molecule has 0 saturated carbocycles. The van der Waals surface area contributed by atoms with Gasteiger partial charge in [-0.05, 0) is 55.2 Å². The number of ether oxygens (including phenoxy) is 5. The smallest absolute Gasteiger partial charge is 0.397 e. The molecule has 2 aromatic carbocycles. The van der Waals surface area contributed by atoms with Crippen LogP contribution >= 0.6 is 0 Å². The summed E-state index contributed by atoms with van der Waals surface area (Å²) in [6.45, 7) is 2.10. The Balaban J connectivity index is 1.96. The summed E-state index contributed by atoms with van der Waals surface area (Å²) in [7, 11) is -15.0. The van der Waals surface area contributed by atoms with Gasteiger partial charge in [-0.2, -0.15) is 25.3 Å². The molecule has 446 valence electrons. The van der Waals surface area contributed by atoms with Crippen LogP contribution in [0.15, 0.2) is 66.7 Å². The number of carbonyl (C=O) groups is 2. The van der Waals surface area contributed by atoms with Gasteiger partial charge in [0.05, 0.1) is 38.5 Å². The number of rotatable bonds is 45. The number of allylic oxidation sites excluding steroid dienone is 1. The van der Waals surface area contributed by atoms with Gasteiger partial charge >= 0.3 is 37.2 Å². The van der Waals surface area contributed by atoms with Crippen LogP contribution in [0, 0.1) is 0 Å². The van der Waals surface area contributed by atoms with Crippen LogP contribution < -0.4 is 10.1 Å². The molecule has 1 heterocycles. The zero-order valence-corrected chi connectivity index (χ0v) is 48.4. The van der Waals surface area contributed by atoms with Crippen molar-refractivity contribution in [3.63, 3.8) is 0 Å². The highest BCUT2D eigenvalue weighted by Crippen LogP contribution is 2.33. The van der Waals surface area contributed by atoms with E-state index >= 15 is 0 Å². The minimum absolute atomic E-state index is 0.0948. The Labute approximate surface area is 465 Å². The fraction of sp³-hybridized carbons (Fsp3) is 0.709. The number of esters is 1. The molecule has 1 fully saturated rings. The normalized spacial score (nSPS) is 18.9. The van der Waals surface area contributed by atoms with Gasteiger partial charge in [-0.1, -0.05) is 192 Å². The van der Waals surface area contributed by atoms with Crippen LogP contribution in [-0.4, -0.2) is 114 Å². The number of nitrogens with one attached hydrogen (secondary N) is 1.